The van der Waals surface area contributed by atoms with E-state index in [0.717, 1.165) is 21.1 Å². The van der Waals surface area contributed by atoms with Crippen molar-refractivity contribution in [1.29, 1.82) is 0 Å². The maximum atomic E-state index is 9.12. The standard InChI is InChI=1S/C11H9BrClNO2/c1-16-9-3-2-8-7(10(9)12)4-6(5-15)11(13)14-8/h2-4,15H,5H2,1H3. The van der Waals surface area contributed by atoms with Crippen LogP contribution in [0.3, 0.4) is 0 Å². The predicted octanol–water partition coefficient (Wildman–Crippen LogP) is 3.15. The molecular weight excluding hydrogens is 293 g/mol. The molecule has 1 N–H and O–H groups in total. The lowest BCUT2D eigenvalue weighted by Crippen LogP contribution is -1.92. The number of methoxy groups -OCH3 is 1. The number of ether oxygens (including phenoxy) is 1. The van der Waals surface area contributed by atoms with Crippen molar-refractivity contribution in [2.24, 2.45) is 0 Å². The van der Waals surface area contributed by atoms with Gasteiger partial charge in [0.2, 0.25) is 0 Å². The molecule has 3 nitrogen and oxygen atoms in total. The molecule has 0 bridgehead atoms. The van der Waals surface area contributed by atoms with E-state index in [2.05, 4.69) is 20.9 Å². The molecule has 0 saturated carbocycles. The summed E-state index contributed by atoms with van der Waals surface area (Å²) in [6.07, 6.45) is 0. The molecule has 0 spiro atoms. The molecule has 2 aromatic rings. The summed E-state index contributed by atoms with van der Waals surface area (Å²) in [5.41, 5.74) is 1.36. The van der Waals surface area contributed by atoms with E-state index in [9.17, 15) is 0 Å². The number of aromatic nitrogens is 1. The van der Waals surface area contributed by atoms with Gasteiger partial charge < -0.3 is 9.84 Å². The van der Waals surface area contributed by atoms with Gasteiger partial charge in [0.25, 0.3) is 0 Å². The highest BCUT2D eigenvalue weighted by Gasteiger charge is 2.09. The van der Waals surface area contributed by atoms with Gasteiger partial charge in [-0.2, -0.15) is 0 Å². The molecule has 0 saturated heterocycles. The van der Waals surface area contributed by atoms with Crippen LogP contribution < -0.4 is 4.74 Å². The fourth-order valence-corrected chi connectivity index (χ4v) is 2.29. The van der Waals surface area contributed by atoms with Crippen LogP contribution in [0, 0.1) is 0 Å². The molecule has 0 aliphatic carbocycles. The van der Waals surface area contributed by atoms with Crippen molar-refractivity contribution >= 4 is 38.4 Å². The fourth-order valence-electron chi connectivity index (χ4n) is 1.48. The van der Waals surface area contributed by atoms with Crippen LogP contribution in [-0.2, 0) is 6.61 Å². The highest BCUT2D eigenvalue weighted by atomic mass is 79.9. The average molecular weight is 303 g/mol. The maximum Gasteiger partial charge on any atom is 0.135 e. The molecule has 84 valence electrons. The number of pyridine rings is 1. The Kier molecular flexibility index (Phi) is 3.33. The van der Waals surface area contributed by atoms with Crippen LogP contribution in [0.5, 0.6) is 5.75 Å². The Hall–Kier alpha value is -0.840. The van der Waals surface area contributed by atoms with E-state index < -0.39 is 0 Å². The smallest absolute Gasteiger partial charge is 0.135 e. The van der Waals surface area contributed by atoms with Gasteiger partial charge in [-0.15, -0.1) is 0 Å². The number of hydrogen-bond donors (Lipinski definition) is 1. The van der Waals surface area contributed by atoms with E-state index in [1.165, 1.54) is 0 Å². The second kappa shape index (κ2) is 4.57. The minimum absolute atomic E-state index is 0.134. The lowest BCUT2D eigenvalue weighted by Gasteiger charge is -2.08. The molecular formula is C11H9BrClNO2. The third-order valence-electron chi connectivity index (χ3n) is 2.31. The maximum absolute atomic E-state index is 9.12. The van der Waals surface area contributed by atoms with Crippen LogP contribution in [0.4, 0.5) is 0 Å². The molecule has 1 heterocycles. The van der Waals surface area contributed by atoms with Gasteiger partial charge in [-0.3, -0.25) is 0 Å². The minimum atomic E-state index is -0.134. The number of fused-ring (bicyclic) bond motifs is 1. The quantitative estimate of drug-likeness (QED) is 0.867. The van der Waals surface area contributed by atoms with Gasteiger partial charge in [0, 0.05) is 10.9 Å². The van der Waals surface area contributed by atoms with E-state index in [-0.39, 0.29) is 6.61 Å². The molecule has 0 aliphatic rings. The third kappa shape index (κ3) is 1.88. The van der Waals surface area contributed by atoms with E-state index >= 15 is 0 Å². The van der Waals surface area contributed by atoms with Crippen molar-refractivity contribution in [3.05, 3.63) is 33.4 Å². The number of benzene rings is 1. The Morgan fingerprint density at radius 2 is 2.25 bits per heavy atom. The van der Waals surface area contributed by atoms with Gasteiger partial charge in [-0.25, -0.2) is 4.98 Å². The van der Waals surface area contributed by atoms with Crippen molar-refractivity contribution in [3.63, 3.8) is 0 Å². The summed E-state index contributed by atoms with van der Waals surface area (Å²) < 4.78 is 6.00. The first-order valence-corrected chi connectivity index (χ1v) is 5.77. The van der Waals surface area contributed by atoms with Crippen LogP contribution >= 0.6 is 27.5 Å². The van der Waals surface area contributed by atoms with Crippen molar-refractivity contribution in [1.82, 2.24) is 4.98 Å². The summed E-state index contributed by atoms with van der Waals surface area (Å²) in [4.78, 5) is 4.20. The van der Waals surface area contributed by atoms with Crippen molar-refractivity contribution in [2.45, 2.75) is 6.61 Å². The largest absolute Gasteiger partial charge is 0.496 e. The molecule has 0 atom stereocenters. The number of nitrogens with zero attached hydrogens (tertiary/aromatic N) is 1. The van der Waals surface area contributed by atoms with Crippen molar-refractivity contribution in [3.8, 4) is 5.75 Å². The molecule has 1 aromatic carbocycles. The van der Waals surface area contributed by atoms with Gasteiger partial charge >= 0.3 is 0 Å². The van der Waals surface area contributed by atoms with E-state index in [1.807, 2.05) is 12.1 Å². The zero-order chi connectivity index (χ0) is 11.7. The molecule has 2 rings (SSSR count). The Labute approximate surface area is 106 Å². The minimum Gasteiger partial charge on any atom is -0.496 e. The van der Waals surface area contributed by atoms with Crippen LogP contribution in [0.25, 0.3) is 10.9 Å². The van der Waals surface area contributed by atoms with Crippen molar-refractivity contribution < 1.29 is 9.84 Å². The molecule has 1 aromatic heterocycles. The number of halogens is 2. The van der Waals surface area contributed by atoms with Crippen LogP contribution in [0.15, 0.2) is 22.7 Å². The Balaban J connectivity index is 2.77. The fraction of sp³-hybridized carbons (Fsp3) is 0.182. The number of rotatable bonds is 2. The number of hydrogen-bond acceptors (Lipinski definition) is 3. The summed E-state index contributed by atoms with van der Waals surface area (Å²) >= 11 is 9.35. The van der Waals surface area contributed by atoms with Crippen LogP contribution in [-0.4, -0.2) is 17.2 Å². The topological polar surface area (TPSA) is 42.4 Å². The van der Waals surface area contributed by atoms with Gasteiger partial charge in [0.05, 0.1) is 23.7 Å². The molecule has 5 heteroatoms. The molecule has 0 radical (unpaired) electrons. The molecule has 0 amide bonds. The van der Waals surface area contributed by atoms with Gasteiger partial charge in [0.15, 0.2) is 0 Å². The van der Waals surface area contributed by atoms with E-state index in [0.29, 0.717) is 10.7 Å². The average Bonchev–Trinajstić information content (AvgIpc) is 2.29. The first kappa shape index (κ1) is 11.6. The Morgan fingerprint density at radius 3 is 2.88 bits per heavy atom. The highest BCUT2D eigenvalue weighted by Crippen LogP contribution is 2.34. The van der Waals surface area contributed by atoms with Crippen LogP contribution in [0.1, 0.15) is 5.56 Å². The second-order valence-electron chi connectivity index (χ2n) is 3.24. The first-order valence-electron chi connectivity index (χ1n) is 4.60. The van der Waals surface area contributed by atoms with E-state index in [4.69, 9.17) is 21.4 Å². The summed E-state index contributed by atoms with van der Waals surface area (Å²) in [6, 6.07) is 5.44. The summed E-state index contributed by atoms with van der Waals surface area (Å²) in [6.45, 7) is -0.134. The highest BCUT2D eigenvalue weighted by molar-refractivity contribution is 9.10. The normalized spacial score (nSPS) is 10.8. The van der Waals surface area contributed by atoms with Crippen molar-refractivity contribution in [2.75, 3.05) is 7.11 Å². The van der Waals surface area contributed by atoms with Gasteiger partial charge in [0.1, 0.15) is 10.9 Å². The molecule has 0 fully saturated rings. The molecule has 0 unspecified atom stereocenters. The zero-order valence-corrected chi connectivity index (χ0v) is 10.8. The number of aliphatic hydroxyl groups is 1. The lowest BCUT2D eigenvalue weighted by molar-refractivity contribution is 0.281. The van der Waals surface area contributed by atoms with Gasteiger partial charge in [-0.05, 0) is 34.1 Å². The first-order chi connectivity index (χ1) is 7.67. The SMILES string of the molecule is COc1ccc2nc(Cl)c(CO)cc2c1Br. The Bertz CT molecular complexity index is 545. The third-order valence-corrected chi connectivity index (χ3v) is 3.46. The summed E-state index contributed by atoms with van der Waals surface area (Å²) in [5, 5.41) is 10.3. The molecule has 0 aliphatic heterocycles. The monoisotopic (exact) mass is 301 g/mol. The Morgan fingerprint density at radius 1 is 1.50 bits per heavy atom. The zero-order valence-electron chi connectivity index (χ0n) is 8.50. The predicted molar refractivity (Wildman–Crippen MR) is 66.9 cm³/mol. The van der Waals surface area contributed by atoms with E-state index in [1.54, 1.807) is 13.2 Å². The summed E-state index contributed by atoms with van der Waals surface area (Å²) in [5.74, 6) is 0.723. The van der Waals surface area contributed by atoms with Gasteiger partial charge in [-0.1, -0.05) is 11.6 Å². The summed E-state index contributed by atoms with van der Waals surface area (Å²) in [7, 11) is 1.60. The molecule has 16 heavy (non-hydrogen) atoms. The second-order valence-corrected chi connectivity index (χ2v) is 4.40. The number of aliphatic hydroxyl groups excluding tert-OH is 1. The van der Waals surface area contributed by atoms with Crippen LogP contribution in [0.2, 0.25) is 5.15 Å². The lowest BCUT2D eigenvalue weighted by atomic mass is 10.1.